The van der Waals surface area contributed by atoms with Crippen molar-refractivity contribution >= 4 is 19.6 Å². The van der Waals surface area contributed by atoms with E-state index in [2.05, 4.69) is 12.1 Å². The summed E-state index contributed by atoms with van der Waals surface area (Å²) in [6.07, 6.45) is 0.621. The molecule has 4 aliphatic heterocycles. The number of nitrogens with zero attached hydrogens (tertiary/aromatic N) is 4. The topological polar surface area (TPSA) is 172 Å². The van der Waals surface area contributed by atoms with Gasteiger partial charge in [0.1, 0.15) is 34.9 Å². The highest BCUT2D eigenvalue weighted by molar-refractivity contribution is 7.47. The maximum absolute atomic E-state index is 13.4. The first-order valence-electron chi connectivity index (χ1n) is 16.6. The van der Waals surface area contributed by atoms with Gasteiger partial charge in [0.05, 0.1) is 42.0 Å². The molecule has 4 aliphatic rings. The molecule has 2 fully saturated rings. The Bertz CT molecular complexity index is 1770. The van der Waals surface area contributed by atoms with Crippen LogP contribution in [-0.4, -0.2) is 76.2 Å². The summed E-state index contributed by atoms with van der Waals surface area (Å²) in [7, 11) is -4.70. The molecule has 0 bridgehead atoms. The molecule has 49 heavy (non-hydrogen) atoms. The van der Waals surface area contributed by atoms with E-state index in [1.807, 2.05) is 13.8 Å². The van der Waals surface area contributed by atoms with E-state index in [0.717, 1.165) is 6.42 Å². The van der Waals surface area contributed by atoms with Crippen LogP contribution in [0.5, 0.6) is 11.5 Å². The van der Waals surface area contributed by atoms with Crippen molar-refractivity contribution in [3.63, 3.8) is 0 Å². The van der Waals surface area contributed by atoms with Gasteiger partial charge < -0.3 is 28.9 Å². The monoisotopic (exact) mass is 692 g/mol. The number of likely N-dealkylation sites (tertiary alicyclic amines) is 2. The molecule has 0 spiro atoms. The lowest BCUT2D eigenvalue weighted by Crippen LogP contribution is -2.55. The molecule has 0 aromatic heterocycles. The summed E-state index contributed by atoms with van der Waals surface area (Å²) in [6, 6.07) is 13.1. The van der Waals surface area contributed by atoms with Gasteiger partial charge in [-0.1, -0.05) is 0 Å². The van der Waals surface area contributed by atoms with Gasteiger partial charge in [-0.15, -0.1) is 0 Å². The molecule has 2 amide bonds. The van der Waals surface area contributed by atoms with Crippen LogP contribution < -0.4 is 9.47 Å². The summed E-state index contributed by atoms with van der Waals surface area (Å²) in [4.78, 5) is 40.2. The number of amides is 2. The molecule has 2 aromatic carbocycles. The van der Waals surface area contributed by atoms with Crippen LogP contribution in [-0.2, 0) is 27.9 Å². The highest BCUT2D eigenvalue weighted by atomic mass is 31.2. The molecule has 1 N–H and O–H groups in total. The van der Waals surface area contributed by atoms with Crippen LogP contribution in [0, 0.1) is 22.7 Å². The van der Waals surface area contributed by atoms with Crippen LogP contribution in [0.1, 0.15) is 94.1 Å². The second kappa shape index (κ2) is 13.4. The summed E-state index contributed by atoms with van der Waals surface area (Å²) in [5.74, 6) is 0.937. The molecule has 2 aromatic rings. The summed E-state index contributed by atoms with van der Waals surface area (Å²) in [6.45, 7) is 8.09. The third-order valence-corrected chi connectivity index (χ3v) is 10.6. The highest BCUT2D eigenvalue weighted by Gasteiger charge is 2.52. The predicted molar refractivity (Wildman–Crippen MR) is 174 cm³/mol. The zero-order valence-corrected chi connectivity index (χ0v) is 29.0. The zero-order chi connectivity index (χ0) is 35.1. The second-order valence-electron chi connectivity index (χ2n) is 13.9. The Balaban J connectivity index is 1.15. The Hall–Kier alpha value is -3.97. The molecule has 1 unspecified atom stereocenters. The van der Waals surface area contributed by atoms with Gasteiger partial charge in [-0.2, -0.15) is 10.5 Å². The number of phosphoric acid groups is 1. The number of rotatable bonds is 10. The molecule has 5 atom stereocenters. The highest BCUT2D eigenvalue weighted by Crippen LogP contribution is 2.54. The number of ether oxygens (including phenoxy) is 3. The van der Waals surface area contributed by atoms with E-state index in [1.165, 1.54) is 0 Å². The van der Waals surface area contributed by atoms with Crippen molar-refractivity contribution < 1.29 is 42.3 Å². The van der Waals surface area contributed by atoms with E-state index < -0.39 is 43.3 Å². The van der Waals surface area contributed by atoms with Gasteiger partial charge in [-0.3, -0.25) is 18.6 Å². The number of nitriles is 2. The van der Waals surface area contributed by atoms with Crippen molar-refractivity contribution in [2.45, 2.75) is 95.3 Å². The summed E-state index contributed by atoms with van der Waals surface area (Å²) >= 11 is 0. The van der Waals surface area contributed by atoms with Crippen molar-refractivity contribution in [2.24, 2.45) is 0 Å². The minimum atomic E-state index is -4.70. The Kier molecular flexibility index (Phi) is 9.53. The second-order valence-corrected chi connectivity index (χ2v) is 15.3. The quantitative estimate of drug-likeness (QED) is 0.260. The molecule has 13 nitrogen and oxygen atoms in total. The minimum absolute atomic E-state index is 0.00124. The van der Waals surface area contributed by atoms with Crippen LogP contribution in [0.2, 0.25) is 0 Å². The first-order chi connectivity index (χ1) is 23.2. The Morgan fingerprint density at radius 1 is 0.837 bits per heavy atom. The van der Waals surface area contributed by atoms with Crippen molar-refractivity contribution in [1.29, 1.82) is 10.5 Å². The minimum Gasteiger partial charge on any atom is -0.485 e. The molecule has 0 saturated carbocycles. The van der Waals surface area contributed by atoms with Crippen LogP contribution >= 0.6 is 7.82 Å². The summed E-state index contributed by atoms with van der Waals surface area (Å²) in [5.41, 5.74) is 0.0461. The molecule has 0 aliphatic carbocycles. The van der Waals surface area contributed by atoms with Crippen LogP contribution in [0.3, 0.4) is 0 Å². The number of carbonyl (C=O) groups excluding carboxylic acids is 2. The van der Waals surface area contributed by atoms with Crippen molar-refractivity contribution in [3.8, 4) is 23.6 Å². The van der Waals surface area contributed by atoms with Crippen LogP contribution in [0.4, 0.5) is 0 Å². The van der Waals surface area contributed by atoms with Crippen LogP contribution in [0.15, 0.2) is 36.4 Å². The Labute approximate surface area is 285 Å². The molecular weight excluding hydrogens is 651 g/mol. The molecular formula is C35H41N4O9P. The maximum atomic E-state index is 13.4. The fourth-order valence-corrected chi connectivity index (χ4v) is 8.42. The van der Waals surface area contributed by atoms with Gasteiger partial charge in [-0.05, 0) is 83.4 Å². The van der Waals surface area contributed by atoms with E-state index in [0.29, 0.717) is 66.1 Å². The number of carbonyl (C=O) groups is 2. The zero-order valence-electron chi connectivity index (χ0n) is 28.1. The predicted octanol–water partition coefficient (Wildman–Crippen LogP) is 5.08. The normalized spacial score (nSPS) is 26.5. The van der Waals surface area contributed by atoms with Gasteiger partial charge in [0.25, 0.3) is 0 Å². The number of hydrogen-bond acceptors (Lipinski definition) is 10. The number of benzene rings is 2. The summed E-state index contributed by atoms with van der Waals surface area (Å²) in [5, 5.41) is 19.1. The largest absolute Gasteiger partial charge is 0.485 e. The van der Waals surface area contributed by atoms with E-state index >= 15 is 0 Å². The maximum Gasteiger partial charge on any atom is 0.472 e. The fourth-order valence-electron chi connectivity index (χ4n) is 7.34. The molecule has 4 heterocycles. The number of phosphoric ester groups is 1. The SMILES string of the molecule is CC1(C)Oc2ccc(C#N)cc2[C@H](N2CCCC2=O)[C@H]1OCCCOP(=O)(O)O[C@@H]1[C@@H](N2CCCC2=O)c2cc(C#N)ccc2OC1(C)C. The number of fused-ring (bicyclic) bond motifs is 2. The first-order valence-corrected chi connectivity index (χ1v) is 18.1. The van der Waals surface area contributed by atoms with Gasteiger partial charge in [-0.25, -0.2) is 4.57 Å². The molecule has 260 valence electrons. The lowest BCUT2D eigenvalue weighted by molar-refractivity contribution is -0.149. The average Bonchev–Trinajstić information content (AvgIpc) is 3.67. The van der Waals surface area contributed by atoms with Crippen LogP contribution in [0.25, 0.3) is 0 Å². The average molecular weight is 693 g/mol. The molecule has 14 heteroatoms. The lowest BCUT2D eigenvalue weighted by Gasteiger charge is -2.47. The third kappa shape index (κ3) is 6.92. The van der Waals surface area contributed by atoms with E-state index in [9.17, 15) is 29.6 Å². The third-order valence-electron chi connectivity index (χ3n) is 9.58. The smallest absolute Gasteiger partial charge is 0.472 e. The van der Waals surface area contributed by atoms with Crippen molar-refractivity contribution in [3.05, 3.63) is 58.7 Å². The molecule has 6 rings (SSSR count). The molecule has 2 saturated heterocycles. The van der Waals surface area contributed by atoms with E-state index in [1.54, 1.807) is 60.0 Å². The van der Waals surface area contributed by atoms with Gasteiger partial charge in [0.2, 0.25) is 11.8 Å². The van der Waals surface area contributed by atoms with Gasteiger partial charge in [0, 0.05) is 43.7 Å². The molecule has 0 radical (unpaired) electrons. The Morgan fingerprint density at radius 3 is 1.80 bits per heavy atom. The van der Waals surface area contributed by atoms with Gasteiger partial charge >= 0.3 is 7.82 Å². The van der Waals surface area contributed by atoms with E-state index in [4.69, 9.17) is 23.3 Å². The number of hydrogen-bond donors (Lipinski definition) is 1. The lowest BCUT2D eigenvalue weighted by atomic mass is 9.84. The van der Waals surface area contributed by atoms with E-state index in [-0.39, 0.29) is 31.4 Å². The fraction of sp³-hybridized carbons (Fsp3) is 0.543. The standard InChI is InChI=1S/C35H41N4O9P/c1-34(2)32(30(38-14-5-8-28(38)40)24-18-22(20-36)10-12-26(24)46-34)44-16-7-17-45-49(42,43)48-33-31(39-15-6-9-29(39)41)25-19-23(21-37)11-13-27(25)47-35(33,3)4/h10-13,18-19,30-33H,5-9,14-17H2,1-4H3,(H,42,43)/t30-,31-,32+,33+/m0/s1. The van der Waals surface area contributed by atoms with Crippen molar-refractivity contribution in [2.75, 3.05) is 26.3 Å². The Morgan fingerprint density at radius 2 is 1.33 bits per heavy atom. The summed E-state index contributed by atoms with van der Waals surface area (Å²) < 4.78 is 43.6. The first kappa shape index (κ1) is 34.9. The van der Waals surface area contributed by atoms with Gasteiger partial charge in [0.15, 0.2) is 0 Å². The van der Waals surface area contributed by atoms with Crippen molar-refractivity contribution in [1.82, 2.24) is 9.80 Å².